The van der Waals surface area contributed by atoms with E-state index in [0.717, 1.165) is 6.54 Å². The van der Waals surface area contributed by atoms with Gasteiger partial charge in [0.2, 0.25) is 0 Å². The van der Waals surface area contributed by atoms with Gasteiger partial charge in [-0.05, 0) is 74.8 Å². The third kappa shape index (κ3) is 2.71. The summed E-state index contributed by atoms with van der Waals surface area (Å²) in [5.74, 6) is 1.18. The number of rotatable bonds is 3. The smallest absolute Gasteiger partial charge is 0.122 e. The number of hydrogen-bond donors (Lipinski definition) is 0. The predicted octanol–water partition coefficient (Wildman–Crippen LogP) is 3.49. The van der Waals surface area contributed by atoms with Gasteiger partial charge in [0.15, 0.2) is 0 Å². The average Bonchev–Trinajstić information content (AvgIpc) is 3.39. The highest BCUT2D eigenvalue weighted by molar-refractivity contribution is 5.43. The molecule has 0 radical (unpaired) electrons. The standard InChI is InChI=1S/C22H30N4/c1-24-15-10-23-21(24)17-25-13-8-22(9-14-25)16-20(26-11-4-5-12-26)18-6-2-3-7-19(18)22/h2-3,6-7,10,15,20H,4-5,8-9,11-14,16-17H2,1H3/t20-/m1/s1. The van der Waals surface area contributed by atoms with E-state index in [1.165, 1.54) is 64.1 Å². The number of nitrogens with zero attached hydrogens (tertiary/aromatic N) is 4. The molecule has 2 aromatic rings. The van der Waals surface area contributed by atoms with Crippen LogP contribution >= 0.6 is 0 Å². The highest BCUT2D eigenvalue weighted by Crippen LogP contribution is 2.53. The molecule has 0 saturated carbocycles. The van der Waals surface area contributed by atoms with Crippen LogP contribution in [0.1, 0.15) is 55.1 Å². The molecule has 1 atom stereocenters. The van der Waals surface area contributed by atoms with Gasteiger partial charge in [-0.2, -0.15) is 0 Å². The summed E-state index contributed by atoms with van der Waals surface area (Å²) >= 11 is 0. The Labute approximate surface area is 156 Å². The van der Waals surface area contributed by atoms with Crippen molar-refractivity contribution in [3.8, 4) is 0 Å². The minimum Gasteiger partial charge on any atom is -0.337 e. The van der Waals surface area contributed by atoms with E-state index in [0.29, 0.717) is 11.5 Å². The highest BCUT2D eigenvalue weighted by atomic mass is 15.2. The third-order valence-corrected chi connectivity index (χ3v) is 7.16. The molecule has 0 N–H and O–H groups in total. The first-order chi connectivity index (χ1) is 12.8. The zero-order chi connectivity index (χ0) is 17.6. The Morgan fingerprint density at radius 1 is 1.08 bits per heavy atom. The molecule has 0 bridgehead atoms. The predicted molar refractivity (Wildman–Crippen MR) is 104 cm³/mol. The van der Waals surface area contributed by atoms with Gasteiger partial charge >= 0.3 is 0 Å². The minimum atomic E-state index is 0.405. The van der Waals surface area contributed by atoms with E-state index < -0.39 is 0 Å². The molecule has 0 unspecified atom stereocenters. The lowest BCUT2D eigenvalue weighted by Gasteiger charge is -2.40. The summed E-state index contributed by atoms with van der Waals surface area (Å²) in [5, 5.41) is 0. The Balaban J connectivity index is 1.34. The Kier molecular flexibility index (Phi) is 4.13. The van der Waals surface area contributed by atoms with E-state index >= 15 is 0 Å². The van der Waals surface area contributed by atoms with Gasteiger partial charge in [-0.1, -0.05) is 24.3 Å². The SMILES string of the molecule is Cn1ccnc1CN1CCC2(CC1)C[C@@H](N1CCCC1)c1ccccc12. The first-order valence-electron chi connectivity index (χ1n) is 10.3. The van der Waals surface area contributed by atoms with Crippen molar-refractivity contribution in [2.75, 3.05) is 26.2 Å². The zero-order valence-corrected chi connectivity index (χ0v) is 15.9. The van der Waals surface area contributed by atoms with Crippen molar-refractivity contribution in [1.29, 1.82) is 0 Å². The highest BCUT2D eigenvalue weighted by Gasteiger charge is 2.47. The normalized spacial score (nSPS) is 25.8. The van der Waals surface area contributed by atoms with Crippen molar-refractivity contribution in [2.45, 2.75) is 50.1 Å². The molecule has 0 amide bonds. The number of likely N-dealkylation sites (tertiary alicyclic amines) is 2. The number of piperidine rings is 1. The van der Waals surface area contributed by atoms with Crippen molar-refractivity contribution in [1.82, 2.24) is 19.4 Å². The minimum absolute atomic E-state index is 0.405. The first kappa shape index (κ1) is 16.5. The van der Waals surface area contributed by atoms with E-state index in [9.17, 15) is 0 Å². The van der Waals surface area contributed by atoms with Crippen LogP contribution in [0.15, 0.2) is 36.7 Å². The molecule has 3 aliphatic rings. The molecule has 3 heterocycles. The van der Waals surface area contributed by atoms with Gasteiger partial charge in [-0.25, -0.2) is 4.98 Å². The van der Waals surface area contributed by atoms with Crippen molar-refractivity contribution in [3.05, 3.63) is 53.6 Å². The molecule has 138 valence electrons. The van der Waals surface area contributed by atoms with Crippen LogP contribution in [-0.2, 0) is 19.0 Å². The Morgan fingerprint density at radius 2 is 1.85 bits per heavy atom. The molecule has 1 spiro atoms. The number of aromatic nitrogens is 2. The lowest BCUT2D eigenvalue weighted by atomic mass is 9.73. The van der Waals surface area contributed by atoms with Crippen LogP contribution in [-0.4, -0.2) is 45.5 Å². The molecular formula is C22H30N4. The van der Waals surface area contributed by atoms with Crippen LogP contribution in [0.25, 0.3) is 0 Å². The van der Waals surface area contributed by atoms with Gasteiger partial charge in [0.1, 0.15) is 5.82 Å². The second-order valence-electron chi connectivity index (χ2n) is 8.56. The fourth-order valence-corrected chi connectivity index (χ4v) is 5.60. The fourth-order valence-electron chi connectivity index (χ4n) is 5.60. The van der Waals surface area contributed by atoms with Crippen molar-refractivity contribution in [3.63, 3.8) is 0 Å². The van der Waals surface area contributed by atoms with Crippen LogP contribution in [0.5, 0.6) is 0 Å². The third-order valence-electron chi connectivity index (χ3n) is 7.16. The summed E-state index contributed by atoms with van der Waals surface area (Å²) in [5.41, 5.74) is 3.70. The average molecular weight is 351 g/mol. The molecule has 4 heteroatoms. The second-order valence-corrected chi connectivity index (χ2v) is 8.56. The lowest BCUT2D eigenvalue weighted by molar-refractivity contribution is 0.126. The number of benzene rings is 1. The molecule has 2 fully saturated rings. The first-order valence-corrected chi connectivity index (χ1v) is 10.3. The molecule has 1 aromatic heterocycles. The Bertz CT molecular complexity index is 766. The summed E-state index contributed by atoms with van der Waals surface area (Å²) in [6.07, 6.45) is 10.6. The van der Waals surface area contributed by atoms with Gasteiger partial charge in [0.25, 0.3) is 0 Å². The second kappa shape index (κ2) is 6.50. The lowest BCUT2D eigenvalue weighted by Crippen LogP contribution is -2.42. The summed E-state index contributed by atoms with van der Waals surface area (Å²) in [7, 11) is 2.10. The molecule has 2 saturated heterocycles. The molecule has 5 rings (SSSR count). The summed E-state index contributed by atoms with van der Waals surface area (Å²) < 4.78 is 2.15. The molecule has 2 aliphatic heterocycles. The van der Waals surface area contributed by atoms with Crippen LogP contribution < -0.4 is 0 Å². The van der Waals surface area contributed by atoms with E-state index in [1.807, 2.05) is 6.20 Å². The van der Waals surface area contributed by atoms with Crippen LogP contribution in [0.3, 0.4) is 0 Å². The molecule has 4 nitrogen and oxygen atoms in total. The maximum atomic E-state index is 4.51. The fraction of sp³-hybridized carbons (Fsp3) is 0.591. The van der Waals surface area contributed by atoms with Gasteiger partial charge < -0.3 is 4.57 Å². The zero-order valence-electron chi connectivity index (χ0n) is 15.9. The molecule has 26 heavy (non-hydrogen) atoms. The number of imidazole rings is 1. The van der Waals surface area contributed by atoms with E-state index in [4.69, 9.17) is 0 Å². The maximum absolute atomic E-state index is 4.51. The molecular weight excluding hydrogens is 320 g/mol. The largest absolute Gasteiger partial charge is 0.337 e. The van der Waals surface area contributed by atoms with Gasteiger partial charge in [-0.3, -0.25) is 9.80 Å². The van der Waals surface area contributed by atoms with Crippen LogP contribution in [0, 0.1) is 0 Å². The van der Waals surface area contributed by atoms with Crippen molar-refractivity contribution >= 4 is 0 Å². The summed E-state index contributed by atoms with van der Waals surface area (Å²) in [6.45, 7) is 5.94. The number of aryl methyl sites for hydroxylation is 1. The summed E-state index contributed by atoms with van der Waals surface area (Å²) in [4.78, 5) is 9.87. The molecule has 1 aromatic carbocycles. The quantitative estimate of drug-likeness (QED) is 0.847. The topological polar surface area (TPSA) is 24.3 Å². The summed E-state index contributed by atoms with van der Waals surface area (Å²) in [6, 6.07) is 10.0. The Morgan fingerprint density at radius 3 is 2.58 bits per heavy atom. The van der Waals surface area contributed by atoms with Gasteiger partial charge in [-0.15, -0.1) is 0 Å². The Hall–Kier alpha value is -1.65. The monoisotopic (exact) mass is 350 g/mol. The van der Waals surface area contributed by atoms with E-state index in [1.54, 1.807) is 11.1 Å². The number of hydrogen-bond acceptors (Lipinski definition) is 3. The number of fused-ring (bicyclic) bond motifs is 2. The van der Waals surface area contributed by atoms with Crippen LogP contribution in [0.2, 0.25) is 0 Å². The van der Waals surface area contributed by atoms with E-state index in [2.05, 4.69) is 56.9 Å². The molecule has 1 aliphatic carbocycles. The van der Waals surface area contributed by atoms with E-state index in [-0.39, 0.29) is 0 Å². The maximum Gasteiger partial charge on any atom is 0.122 e. The van der Waals surface area contributed by atoms with Crippen molar-refractivity contribution < 1.29 is 0 Å². The van der Waals surface area contributed by atoms with Gasteiger partial charge in [0, 0.05) is 25.5 Å². The van der Waals surface area contributed by atoms with Crippen molar-refractivity contribution in [2.24, 2.45) is 7.05 Å². The van der Waals surface area contributed by atoms with Crippen LogP contribution in [0.4, 0.5) is 0 Å². The van der Waals surface area contributed by atoms with Gasteiger partial charge in [0.05, 0.1) is 6.54 Å².